The topological polar surface area (TPSA) is 77.7 Å². The average molecular weight is 479 g/mol. The Bertz CT molecular complexity index is 1000. The van der Waals surface area contributed by atoms with Gasteiger partial charge in [0.05, 0.1) is 18.3 Å². The molecule has 0 bridgehead atoms. The Morgan fingerprint density at radius 2 is 1.88 bits per heavy atom. The van der Waals surface area contributed by atoms with Crippen LogP contribution in [0.3, 0.4) is 0 Å². The Morgan fingerprint density at radius 3 is 2.53 bits per heavy atom. The fourth-order valence-corrected chi connectivity index (χ4v) is 4.47. The first-order chi connectivity index (χ1) is 16.2. The largest absolute Gasteiger partial charge is 0.476 e. The van der Waals surface area contributed by atoms with Crippen molar-refractivity contribution in [3.05, 3.63) is 47.8 Å². The fourth-order valence-electron chi connectivity index (χ4n) is 4.47. The van der Waals surface area contributed by atoms with E-state index in [4.69, 9.17) is 10.1 Å². The molecular weight excluding hydrogens is 449 g/mol. The van der Waals surface area contributed by atoms with Gasteiger partial charge in [0, 0.05) is 70.2 Å². The molecule has 1 N–H and O–H groups in total. The number of alkyl halides is 3. The molecule has 4 rings (SSSR count). The van der Waals surface area contributed by atoms with Crippen molar-refractivity contribution < 1.29 is 22.7 Å². The van der Waals surface area contributed by atoms with Crippen molar-refractivity contribution in [2.45, 2.75) is 31.3 Å². The number of carbonyl (C=O) groups excluding carboxylic acids is 1. The van der Waals surface area contributed by atoms with E-state index in [0.717, 1.165) is 30.8 Å². The van der Waals surface area contributed by atoms with Crippen molar-refractivity contribution in [2.24, 2.45) is 0 Å². The van der Waals surface area contributed by atoms with E-state index in [1.165, 1.54) is 18.3 Å². The lowest BCUT2D eigenvalue weighted by atomic mass is 10.00. The van der Waals surface area contributed by atoms with Gasteiger partial charge < -0.3 is 19.9 Å². The standard InChI is InChI=1S/C23H29F3N6O2/c1-29-10-12-31(13-11-29)21(33)22(34-20-4-2-19(3-5-20)23(24,25)26)6-8-30(17-22)15-18-14-28-32(16-18)9-7-27/h2-5,7,14,16,27H,6,8-13,15,17H2,1H3. The molecule has 1 unspecified atom stereocenters. The molecule has 0 spiro atoms. The quantitative estimate of drug-likeness (QED) is 0.619. The van der Waals surface area contributed by atoms with Crippen LogP contribution in [-0.2, 0) is 24.1 Å². The molecule has 1 aromatic carbocycles. The molecule has 1 atom stereocenters. The van der Waals surface area contributed by atoms with Gasteiger partial charge in [0.1, 0.15) is 5.75 Å². The number of likely N-dealkylation sites (tertiary alicyclic amines) is 1. The summed E-state index contributed by atoms with van der Waals surface area (Å²) in [5.41, 5.74) is -0.964. The van der Waals surface area contributed by atoms with Gasteiger partial charge in [-0.2, -0.15) is 18.3 Å². The average Bonchev–Trinajstić information content (AvgIpc) is 3.41. The van der Waals surface area contributed by atoms with Crippen molar-refractivity contribution in [3.63, 3.8) is 0 Å². The Balaban J connectivity index is 1.53. The van der Waals surface area contributed by atoms with Crippen LogP contribution in [-0.4, -0.2) is 88.5 Å². The molecule has 3 heterocycles. The molecule has 2 aliphatic heterocycles. The number of hydrogen-bond acceptors (Lipinski definition) is 6. The highest BCUT2D eigenvalue weighted by Gasteiger charge is 2.49. The maximum absolute atomic E-state index is 13.7. The molecule has 2 aliphatic rings. The number of aromatic nitrogens is 2. The number of likely N-dealkylation sites (N-methyl/N-ethyl adjacent to an activating group) is 1. The minimum absolute atomic E-state index is 0.123. The normalized spacial score (nSPS) is 22.2. The molecule has 2 saturated heterocycles. The summed E-state index contributed by atoms with van der Waals surface area (Å²) in [6, 6.07) is 4.53. The third-order valence-electron chi connectivity index (χ3n) is 6.36. The lowest BCUT2D eigenvalue weighted by Crippen LogP contribution is -2.58. The van der Waals surface area contributed by atoms with Crippen LogP contribution in [0, 0.1) is 5.41 Å². The van der Waals surface area contributed by atoms with E-state index < -0.39 is 17.3 Å². The Labute approximate surface area is 196 Å². The van der Waals surface area contributed by atoms with E-state index in [2.05, 4.69) is 14.9 Å². The maximum atomic E-state index is 13.7. The summed E-state index contributed by atoms with van der Waals surface area (Å²) in [6.07, 6.45) is 0.878. The van der Waals surface area contributed by atoms with Gasteiger partial charge in [0.25, 0.3) is 5.91 Å². The predicted molar refractivity (Wildman–Crippen MR) is 120 cm³/mol. The van der Waals surface area contributed by atoms with E-state index in [0.29, 0.717) is 45.7 Å². The zero-order valence-electron chi connectivity index (χ0n) is 19.1. The molecule has 1 amide bonds. The lowest BCUT2D eigenvalue weighted by molar-refractivity contribution is -0.149. The third-order valence-corrected chi connectivity index (χ3v) is 6.36. The van der Waals surface area contributed by atoms with Gasteiger partial charge in [-0.3, -0.25) is 14.4 Å². The smallest absolute Gasteiger partial charge is 0.416 e. The molecule has 34 heavy (non-hydrogen) atoms. The number of nitrogens with zero attached hydrogens (tertiary/aromatic N) is 5. The van der Waals surface area contributed by atoms with E-state index >= 15 is 0 Å². The Hall–Kier alpha value is -2.92. The molecule has 1 aromatic heterocycles. The summed E-state index contributed by atoms with van der Waals surface area (Å²) in [7, 11) is 2.01. The number of nitrogens with one attached hydrogen (secondary N) is 1. The minimum Gasteiger partial charge on any atom is -0.476 e. The van der Waals surface area contributed by atoms with Gasteiger partial charge >= 0.3 is 6.18 Å². The van der Waals surface area contributed by atoms with E-state index in [-0.39, 0.29) is 11.7 Å². The van der Waals surface area contributed by atoms with Gasteiger partial charge in [0.15, 0.2) is 0 Å². The summed E-state index contributed by atoms with van der Waals surface area (Å²) in [5, 5.41) is 11.4. The number of carbonyl (C=O) groups is 1. The summed E-state index contributed by atoms with van der Waals surface area (Å²) in [5.74, 6) is 0.124. The second-order valence-electron chi connectivity index (χ2n) is 8.95. The Morgan fingerprint density at radius 1 is 1.18 bits per heavy atom. The first-order valence-electron chi connectivity index (χ1n) is 11.3. The third kappa shape index (κ3) is 5.41. The summed E-state index contributed by atoms with van der Waals surface area (Å²) >= 11 is 0. The van der Waals surface area contributed by atoms with Gasteiger partial charge in [-0.1, -0.05) is 0 Å². The van der Waals surface area contributed by atoms with Gasteiger partial charge in [0.2, 0.25) is 5.60 Å². The van der Waals surface area contributed by atoms with Crippen molar-refractivity contribution in [1.82, 2.24) is 24.5 Å². The van der Waals surface area contributed by atoms with E-state index in [9.17, 15) is 18.0 Å². The van der Waals surface area contributed by atoms with Gasteiger partial charge in [-0.05, 0) is 31.3 Å². The number of amides is 1. The first kappa shape index (κ1) is 24.2. The van der Waals surface area contributed by atoms with Crippen LogP contribution in [0.5, 0.6) is 5.75 Å². The number of halogens is 3. The van der Waals surface area contributed by atoms with Gasteiger partial charge in [-0.25, -0.2) is 0 Å². The van der Waals surface area contributed by atoms with Crippen LogP contribution < -0.4 is 4.74 Å². The molecule has 2 fully saturated rings. The second kappa shape index (κ2) is 9.75. The van der Waals surface area contributed by atoms with E-state index in [1.54, 1.807) is 15.8 Å². The monoisotopic (exact) mass is 478 g/mol. The van der Waals surface area contributed by atoms with Crippen LogP contribution in [0.2, 0.25) is 0 Å². The molecule has 8 nitrogen and oxygen atoms in total. The molecule has 184 valence electrons. The zero-order valence-corrected chi connectivity index (χ0v) is 19.1. The highest BCUT2D eigenvalue weighted by Crippen LogP contribution is 2.34. The molecule has 2 aromatic rings. The number of hydrogen-bond donors (Lipinski definition) is 1. The van der Waals surface area contributed by atoms with Crippen LogP contribution in [0.4, 0.5) is 13.2 Å². The van der Waals surface area contributed by atoms with Crippen molar-refractivity contribution in [1.29, 1.82) is 5.41 Å². The molecule has 0 radical (unpaired) electrons. The summed E-state index contributed by atoms with van der Waals surface area (Å²) < 4.78 is 46.8. The second-order valence-corrected chi connectivity index (χ2v) is 8.95. The fraction of sp³-hybridized carbons (Fsp3) is 0.522. The van der Waals surface area contributed by atoms with Crippen LogP contribution in [0.25, 0.3) is 0 Å². The number of piperazine rings is 1. The van der Waals surface area contributed by atoms with Crippen molar-refractivity contribution in [2.75, 3.05) is 46.3 Å². The highest BCUT2D eigenvalue weighted by atomic mass is 19.4. The minimum atomic E-state index is -4.43. The maximum Gasteiger partial charge on any atom is 0.416 e. The SMILES string of the molecule is CN1CCN(C(=O)C2(Oc3ccc(C(F)(F)F)cc3)CCN(Cc3cnn(CC=N)c3)C2)CC1. The van der Waals surface area contributed by atoms with E-state index in [1.807, 2.05) is 13.2 Å². The first-order valence-corrected chi connectivity index (χ1v) is 11.3. The highest BCUT2D eigenvalue weighted by molar-refractivity contribution is 5.86. The number of benzene rings is 1. The van der Waals surface area contributed by atoms with Crippen molar-refractivity contribution >= 4 is 12.1 Å². The van der Waals surface area contributed by atoms with Crippen LogP contribution in [0.1, 0.15) is 17.5 Å². The zero-order chi connectivity index (χ0) is 24.3. The van der Waals surface area contributed by atoms with Crippen LogP contribution in [0.15, 0.2) is 36.7 Å². The van der Waals surface area contributed by atoms with Crippen LogP contribution >= 0.6 is 0 Å². The molecule has 0 saturated carbocycles. The Kier molecular flexibility index (Phi) is 6.94. The predicted octanol–water partition coefficient (Wildman–Crippen LogP) is 2.35. The molecule has 0 aliphatic carbocycles. The lowest BCUT2D eigenvalue weighted by Gasteiger charge is -2.38. The summed E-state index contributed by atoms with van der Waals surface area (Å²) in [4.78, 5) is 19.7. The number of ether oxygens (including phenoxy) is 1. The summed E-state index contributed by atoms with van der Waals surface area (Å²) in [6.45, 7) is 4.59. The van der Waals surface area contributed by atoms with Gasteiger partial charge in [-0.15, -0.1) is 0 Å². The number of rotatable bonds is 7. The molecule has 11 heteroatoms. The molecular formula is C23H29F3N6O2. The van der Waals surface area contributed by atoms with Crippen molar-refractivity contribution in [3.8, 4) is 5.75 Å².